The molecule has 0 spiro atoms. The number of nitrogens with one attached hydrogen (secondary N) is 2. The molecule has 32 heavy (non-hydrogen) atoms. The molecule has 4 rings (SSSR count). The molecular weight excluding hydrogens is 424 g/mol. The highest BCUT2D eigenvalue weighted by Crippen LogP contribution is 2.20. The zero-order valence-corrected chi connectivity index (χ0v) is 18.7. The molecule has 1 saturated heterocycles. The second kappa shape index (κ2) is 9.40. The first-order valence-electron chi connectivity index (χ1n) is 10.6. The number of aryl methyl sites for hydroxylation is 1. The van der Waals surface area contributed by atoms with Gasteiger partial charge in [-0.1, -0.05) is 24.3 Å². The number of carbonyl (C=O) groups excluding carboxylic acids is 1. The van der Waals surface area contributed by atoms with Crippen molar-refractivity contribution >= 4 is 27.4 Å². The Balaban J connectivity index is 1.36. The van der Waals surface area contributed by atoms with Crippen LogP contribution in [0.5, 0.6) is 0 Å². The number of benzene rings is 2. The molecule has 7 nitrogen and oxygen atoms in total. The average Bonchev–Trinajstić information content (AvgIpc) is 3.34. The number of amides is 1. The van der Waals surface area contributed by atoms with Crippen LogP contribution in [0.1, 0.15) is 34.3 Å². The lowest BCUT2D eigenvalue weighted by molar-refractivity contribution is 0.0951. The molecule has 1 fully saturated rings. The van der Waals surface area contributed by atoms with Crippen LogP contribution >= 0.6 is 0 Å². The minimum absolute atomic E-state index is 0.0963. The molecule has 0 saturated carbocycles. The van der Waals surface area contributed by atoms with Crippen LogP contribution in [0.25, 0.3) is 0 Å². The molecule has 3 aromatic rings. The van der Waals surface area contributed by atoms with Crippen LogP contribution in [0.4, 0.5) is 11.5 Å². The smallest absolute Gasteiger partial charge is 0.261 e. The van der Waals surface area contributed by atoms with Crippen LogP contribution < -0.4 is 14.9 Å². The van der Waals surface area contributed by atoms with Gasteiger partial charge in [0.15, 0.2) is 0 Å². The van der Waals surface area contributed by atoms with E-state index in [-0.39, 0.29) is 10.8 Å². The summed E-state index contributed by atoms with van der Waals surface area (Å²) in [6.45, 7) is 4.26. The summed E-state index contributed by atoms with van der Waals surface area (Å²) in [4.78, 5) is 19.3. The van der Waals surface area contributed by atoms with Gasteiger partial charge in [-0.05, 0) is 67.3 Å². The van der Waals surface area contributed by atoms with Crippen LogP contribution in [0.15, 0.2) is 71.8 Å². The number of nitrogens with zero attached hydrogens (tertiary/aromatic N) is 2. The molecule has 2 aromatic carbocycles. The molecule has 1 amide bonds. The monoisotopic (exact) mass is 450 g/mol. The van der Waals surface area contributed by atoms with E-state index in [0.717, 1.165) is 30.0 Å². The lowest BCUT2D eigenvalue weighted by atomic mass is 10.2. The van der Waals surface area contributed by atoms with Gasteiger partial charge >= 0.3 is 0 Å². The first-order chi connectivity index (χ1) is 15.4. The van der Waals surface area contributed by atoms with Gasteiger partial charge in [-0.25, -0.2) is 13.4 Å². The molecule has 1 aliphatic heterocycles. The SMILES string of the molecule is Cc1ccccc1NS(=O)(=O)c1ccc(C(=O)NCc2ccc(N3CCCC3)nc2)cc1. The second-order valence-electron chi connectivity index (χ2n) is 7.85. The van der Waals surface area contributed by atoms with E-state index in [9.17, 15) is 13.2 Å². The maximum absolute atomic E-state index is 12.6. The fraction of sp³-hybridized carbons (Fsp3) is 0.250. The quantitative estimate of drug-likeness (QED) is 0.572. The van der Waals surface area contributed by atoms with E-state index in [0.29, 0.717) is 17.8 Å². The molecule has 0 unspecified atom stereocenters. The summed E-state index contributed by atoms with van der Waals surface area (Å²) in [7, 11) is -3.74. The number of sulfonamides is 1. The maximum Gasteiger partial charge on any atom is 0.261 e. The largest absolute Gasteiger partial charge is 0.357 e. The van der Waals surface area contributed by atoms with Crippen molar-refractivity contribution in [2.75, 3.05) is 22.7 Å². The van der Waals surface area contributed by atoms with Crippen molar-refractivity contribution < 1.29 is 13.2 Å². The average molecular weight is 451 g/mol. The zero-order chi connectivity index (χ0) is 22.6. The highest BCUT2D eigenvalue weighted by Gasteiger charge is 2.16. The van der Waals surface area contributed by atoms with Gasteiger partial charge in [0.25, 0.3) is 15.9 Å². The Labute approximate surface area is 188 Å². The molecule has 2 heterocycles. The molecular formula is C24H26N4O3S. The minimum Gasteiger partial charge on any atom is -0.357 e. The van der Waals surface area contributed by atoms with Crippen molar-refractivity contribution in [2.45, 2.75) is 31.2 Å². The Morgan fingerprint density at radius 1 is 1.00 bits per heavy atom. The van der Waals surface area contributed by atoms with Gasteiger partial charge in [0, 0.05) is 31.4 Å². The number of hydrogen-bond donors (Lipinski definition) is 2. The summed E-state index contributed by atoms with van der Waals surface area (Å²) in [6.07, 6.45) is 4.17. The standard InChI is InChI=1S/C24H26N4O3S/c1-18-6-2-3-7-22(18)27-32(30,31)21-11-9-20(10-12-21)24(29)26-17-19-8-13-23(25-16-19)28-14-4-5-15-28/h2-3,6-13,16,27H,4-5,14-15,17H2,1H3,(H,26,29). The molecule has 0 atom stereocenters. The first kappa shape index (κ1) is 21.8. The predicted octanol–water partition coefficient (Wildman–Crippen LogP) is 3.72. The van der Waals surface area contributed by atoms with Crippen molar-refractivity contribution in [1.29, 1.82) is 0 Å². The summed E-state index contributed by atoms with van der Waals surface area (Å²) in [5.41, 5.74) is 2.65. The lowest BCUT2D eigenvalue weighted by Gasteiger charge is -2.16. The van der Waals surface area contributed by atoms with Crippen LogP contribution in [-0.2, 0) is 16.6 Å². The fourth-order valence-corrected chi connectivity index (χ4v) is 4.75. The lowest BCUT2D eigenvalue weighted by Crippen LogP contribution is -2.23. The van der Waals surface area contributed by atoms with Crippen molar-refractivity contribution in [1.82, 2.24) is 10.3 Å². The second-order valence-corrected chi connectivity index (χ2v) is 9.53. The highest BCUT2D eigenvalue weighted by molar-refractivity contribution is 7.92. The van der Waals surface area contributed by atoms with E-state index < -0.39 is 10.0 Å². The van der Waals surface area contributed by atoms with Crippen LogP contribution in [-0.4, -0.2) is 32.4 Å². The Morgan fingerprint density at radius 2 is 1.72 bits per heavy atom. The topological polar surface area (TPSA) is 91.4 Å². The molecule has 1 aromatic heterocycles. The number of hydrogen-bond acceptors (Lipinski definition) is 5. The number of para-hydroxylation sites is 1. The van der Waals surface area contributed by atoms with Gasteiger partial charge in [-0.2, -0.15) is 0 Å². The van der Waals surface area contributed by atoms with E-state index in [1.807, 2.05) is 31.2 Å². The van der Waals surface area contributed by atoms with Crippen molar-refractivity contribution in [3.63, 3.8) is 0 Å². The van der Waals surface area contributed by atoms with Crippen LogP contribution in [0, 0.1) is 6.92 Å². The number of aromatic nitrogens is 1. The highest BCUT2D eigenvalue weighted by atomic mass is 32.2. The minimum atomic E-state index is -3.74. The van der Waals surface area contributed by atoms with Crippen LogP contribution in [0.3, 0.4) is 0 Å². The first-order valence-corrected chi connectivity index (χ1v) is 12.1. The Kier molecular flexibility index (Phi) is 6.41. The van der Waals surface area contributed by atoms with Gasteiger partial charge in [-0.15, -0.1) is 0 Å². The van der Waals surface area contributed by atoms with E-state index in [1.165, 1.54) is 37.1 Å². The van der Waals surface area contributed by atoms with E-state index >= 15 is 0 Å². The molecule has 8 heteroatoms. The molecule has 2 N–H and O–H groups in total. The summed E-state index contributed by atoms with van der Waals surface area (Å²) in [5, 5.41) is 2.85. The third-order valence-electron chi connectivity index (χ3n) is 5.51. The molecule has 0 radical (unpaired) electrons. The molecule has 0 bridgehead atoms. The van der Waals surface area contributed by atoms with Gasteiger partial charge in [0.05, 0.1) is 10.6 Å². The maximum atomic E-state index is 12.6. The Bertz CT molecular complexity index is 1190. The van der Waals surface area contributed by atoms with Gasteiger partial charge in [-0.3, -0.25) is 9.52 Å². The Hall–Kier alpha value is -3.39. The van der Waals surface area contributed by atoms with Crippen molar-refractivity contribution in [3.8, 4) is 0 Å². The van der Waals surface area contributed by atoms with Gasteiger partial charge in [0.2, 0.25) is 0 Å². The third kappa shape index (κ3) is 5.08. The predicted molar refractivity (Wildman–Crippen MR) is 125 cm³/mol. The zero-order valence-electron chi connectivity index (χ0n) is 17.9. The summed E-state index contributed by atoms with van der Waals surface area (Å²) in [6, 6.07) is 17.0. The number of pyridine rings is 1. The summed E-state index contributed by atoms with van der Waals surface area (Å²) >= 11 is 0. The normalized spacial score (nSPS) is 13.7. The Morgan fingerprint density at radius 3 is 2.38 bits per heavy atom. The fourth-order valence-electron chi connectivity index (χ4n) is 3.62. The van der Waals surface area contributed by atoms with E-state index in [2.05, 4.69) is 19.9 Å². The summed E-state index contributed by atoms with van der Waals surface area (Å²) < 4.78 is 27.9. The number of carbonyl (C=O) groups is 1. The van der Waals surface area contributed by atoms with Crippen LogP contribution in [0.2, 0.25) is 0 Å². The summed E-state index contributed by atoms with van der Waals surface area (Å²) in [5.74, 6) is 0.693. The third-order valence-corrected chi connectivity index (χ3v) is 6.89. The number of rotatable bonds is 7. The van der Waals surface area contributed by atoms with Crippen molar-refractivity contribution in [3.05, 3.63) is 83.6 Å². The number of anilines is 2. The van der Waals surface area contributed by atoms with Crippen molar-refractivity contribution in [2.24, 2.45) is 0 Å². The van der Waals surface area contributed by atoms with E-state index in [1.54, 1.807) is 18.3 Å². The molecule has 166 valence electrons. The van der Waals surface area contributed by atoms with Gasteiger partial charge in [0.1, 0.15) is 5.82 Å². The van der Waals surface area contributed by atoms with E-state index in [4.69, 9.17) is 0 Å². The molecule has 0 aliphatic carbocycles. The molecule has 1 aliphatic rings. The van der Waals surface area contributed by atoms with Gasteiger partial charge < -0.3 is 10.2 Å².